The average molecular weight is 292 g/mol. The molecule has 14 heavy (non-hydrogen) atoms. The molecule has 0 bridgehead atoms. The fourth-order valence-electron chi connectivity index (χ4n) is 1.14. The molecule has 72 valence electrons. The largest absolute Gasteiger partial charge is 0.477 e. The zero-order chi connectivity index (χ0) is 10.3. The molecule has 0 aliphatic carbocycles. The number of aromatic carboxylic acids is 1. The van der Waals surface area contributed by atoms with Gasteiger partial charge in [-0.3, -0.25) is 0 Å². The normalized spacial score (nSPS) is 10.7. The highest BCUT2D eigenvalue weighted by molar-refractivity contribution is 9.10. The van der Waals surface area contributed by atoms with Gasteiger partial charge in [0.2, 0.25) is 0 Å². The first-order valence-electron chi connectivity index (χ1n) is 3.70. The van der Waals surface area contributed by atoms with E-state index in [1.807, 2.05) is 6.07 Å². The first-order chi connectivity index (χ1) is 6.58. The van der Waals surface area contributed by atoms with E-state index in [9.17, 15) is 4.79 Å². The van der Waals surface area contributed by atoms with Crippen LogP contribution in [0.5, 0.6) is 0 Å². The Balaban J connectivity index is 2.72. The van der Waals surface area contributed by atoms with Crippen molar-refractivity contribution in [2.45, 2.75) is 0 Å². The number of thiophene rings is 1. The standard InChI is InChI=1S/C9H4BrClO2S/c10-5-3-7-4(1-6(5)11)2-8(14-7)9(12)13/h1-3H,(H,12,13). The highest BCUT2D eigenvalue weighted by Gasteiger charge is 2.09. The van der Waals surface area contributed by atoms with E-state index in [1.165, 1.54) is 11.3 Å². The molecule has 0 radical (unpaired) electrons. The monoisotopic (exact) mass is 290 g/mol. The maximum atomic E-state index is 10.7. The lowest BCUT2D eigenvalue weighted by atomic mass is 10.2. The van der Waals surface area contributed by atoms with Gasteiger partial charge in [-0.15, -0.1) is 11.3 Å². The van der Waals surface area contributed by atoms with Gasteiger partial charge in [0, 0.05) is 9.17 Å². The summed E-state index contributed by atoms with van der Waals surface area (Å²) < 4.78 is 1.70. The smallest absolute Gasteiger partial charge is 0.345 e. The summed E-state index contributed by atoms with van der Waals surface area (Å²) in [6.07, 6.45) is 0. The van der Waals surface area contributed by atoms with Crippen LogP contribution in [0.15, 0.2) is 22.7 Å². The second-order valence-corrected chi connectivity index (χ2v) is 5.07. The Kier molecular flexibility index (Phi) is 2.51. The molecule has 0 unspecified atom stereocenters. The van der Waals surface area contributed by atoms with Crippen molar-refractivity contribution in [2.24, 2.45) is 0 Å². The maximum absolute atomic E-state index is 10.7. The third-order valence-electron chi connectivity index (χ3n) is 1.77. The van der Waals surface area contributed by atoms with Gasteiger partial charge in [0.05, 0.1) is 5.02 Å². The molecule has 1 aromatic carbocycles. The van der Waals surface area contributed by atoms with Gasteiger partial charge < -0.3 is 5.11 Å². The molecule has 2 aromatic rings. The van der Waals surface area contributed by atoms with E-state index in [0.717, 1.165) is 14.6 Å². The molecule has 1 aromatic heterocycles. The number of benzene rings is 1. The summed E-state index contributed by atoms with van der Waals surface area (Å²) in [7, 11) is 0. The van der Waals surface area contributed by atoms with E-state index in [2.05, 4.69) is 15.9 Å². The van der Waals surface area contributed by atoms with Gasteiger partial charge in [0.1, 0.15) is 4.88 Å². The molecule has 5 heteroatoms. The summed E-state index contributed by atoms with van der Waals surface area (Å²) in [5.74, 6) is -0.904. The van der Waals surface area contributed by atoms with Crippen molar-refractivity contribution in [3.8, 4) is 0 Å². The van der Waals surface area contributed by atoms with Gasteiger partial charge in [-0.1, -0.05) is 11.6 Å². The first-order valence-corrected chi connectivity index (χ1v) is 5.68. The Hall–Kier alpha value is -0.580. The molecule has 0 aliphatic rings. The van der Waals surface area contributed by atoms with Crippen LogP contribution in [0.2, 0.25) is 5.02 Å². The lowest BCUT2D eigenvalue weighted by Gasteiger charge is -1.94. The average Bonchev–Trinajstić information content (AvgIpc) is 2.48. The van der Waals surface area contributed by atoms with Crippen LogP contribution < -0.4 is 0 Å². The first kappa shape index (κ1) is 9.96. The van der Waals surface area contributed by atoms with E-state index in [0.29, 0.717) is 9.90 Å². The van der Waals surface area contributed by atoms with Crippen molar-refractivity contribution >= 4 is 54.9 Å². The summed E-state index contributed by atoms with van der Waals surface area (Å²) in [4.78, 5) is 11.0. The third kappa shape index (κ3) is 1.65. The molecule has 0 atom stereocenters. The van der Waals surface area contributed by atoms with Crippen molar-refractivity contribution in [3.05, 3.63) is 32.6 Å². The van der Waals surface area contributed by atoms with Crippen LogP contribution in [-0.4, -0.2) is 11.1 Å². The van der Waals surface area contributed by atoms with E-state index < -0.39 is 5.97 Å². The Labute approximate surface area is 97.2 Å². The molecule has 0 saturated carbocycles. The van der Waals surface area contributed by atoms with E-state index in [4.69, 9.17) is 16.7 Å². The van der Waals surface area contributed by atoms with Crippen LogP contribution >= 0.6 is 38.9 Å². The van der Waals surface area contributed by atoms with Gasteiger partial charge in [-0.2, -0.15) is 0 Å². The van der Waals surface area contributed by atoms with Crippen LogP contribution in [0.3, 0.4) is 0 Å². The van der Waals surface area contributed by atoms with Gasteiger partial charge >= 0.3 is 5.97 Å². The van der Waals surface area contributed by atoms with E-state index in [-0.39, 0.29) is 0 Å². The van der Waals surface area contributed by atoms with Gasteiger partial charge in [0.15, 0.2) is 0 Å². The molecule has 0 aliphatic heterocycles. The molecule has 1 heterocycles. The van der Waals surface area contributed by atoms with Crippen LogP contribution in [0, 0.1) is 0 Å². The predicted octanol–water partition coefficient (Wildman–Crippen LogP) is 4.02. The number of carbonyl (C=O) groups is 1. The summed E-state index contributed by atoms with van der Waals surface area (Å²) in [6, 6.07) is 5.21. The molecular formula is C9H4BrClO2S. The second kappa shape index (κ2) is 3.53. The molecule has 0 saturated heterocycles. The van der Waals surface area contributed by atoms with E-state index >= 15 is 0 Å². The Bertz CT molecular complexity index is 482. The lowest BCUT2D eigenvalue weighted by molar-refractivity contribution is 0.0702. The number of fused-ring (bicyclic) bond motifs is 1. The SMILES string of the molecule is O=C(O)c1cc2cc(Cl)c(Br)cc2s1. The molecule has 2 rings (SSSR count). The minimum Gasteiger partial charge on any atom is -0.477 e. The van der Waals surface area contributed by atoms with Crippen molar-refractivity contribution in [3.63, 3.8) is 0 Å². The zero-order valence-corrected chi connectivity index (χ0v) is 9.91. The minimum atomic E-state index is -0.904. The molecule has 0 fully saturated rings. The molecule has 0 spiro atoms. The summed E-state index contributed by atoms with van der Waals surface area (Å²) in [6.45, 7) is 0. The Morgan fingerprint density at radius 2 is 2.14 bits per heavy atom. The number of rotatable bonds is 1. The lowest BCUT2D eigenvalue weighted by Crippen LogP contribution is -1.89. The number of hydrogen-bond acceptors (Lipinski definition) is 2. The predicted molar refractivity (Wildman–Crippen MR) is 61.5 cm³/mol. The summed E-state index contributed by atoms with van der Waals surface area (Å²) in [5, 5.41) is 10.2. The van der Waals surface area contributed by atoms with Gasteiger partial charge in [-0.25, -0.2) is 4.79 Å². The van der Waals surface area contributed by atoms with Crippen molar-refractivity contribution in [2.75, 3.05) is 0 Å². The van der Waals surface area contributed by atoms with Crippen molar-refractivity contribution in [1.29, 1.82) is 0 Å². The highest BCUT2D eigenvalue weighted by atomic mass is 79.9. The van der Waals surface area contributed by atoms with Crippen molar-refractivity contribution in [1.82, 2.24) is 0 Å². The van der Waals surface area contributed by atoms with Crippen LogP contribution in [0.1, 0.15) is 9.67 Å². The summed E-state index contributed by atoms with van der Waals surface area (Å²) >= 11 is 10.4. The Morgan fingerprint density at radius 3 is 2.79 bits per heavy atom. The molecular weight excluding hydrogens is 288 g/mol. The zero-order valence-electron chi connectivity index (χ0n) is 6.75. The third-order valence-corrected chi connectivity index (χ3v) is 4.05. The summed E-state index contributed by atoms with van der Waals surface area (Å²) in [5.41, 5.74) is 0. The fourth-order valence-corrected chi connectivity index (χ4v) is 2.73. The number of carboxylic acids is 1. The maximum Gasteiger partial charge on any atom is 0.345 e. The van der Waals surface area contributed by atoms with Gasteiger partial charge in [0.25, 0.3) is 0 Å². The molecule has 1 N–H and O–H groups in total. The quantitative estimate of drug-likeness (QED) is 0.862. The molecule has 2 nitrogen and oxygen atoms in total. The van der Waals surface area contributed by atoms with Crippen LogP contribution in [0.4, 0.5) is 0 Å². The topological polar surface area (TPSA) is 37.3 Å². The van der Waals surface area contributed by atoms with Crippen LogP contribution in [0.25, 0.3) is 10.1 Å². The number of carboxylic acid groups (broad SMARTS) is 1. The highest BCUT2D eigenvalue weighted by Crippen LogP contribution is 2.33. The fraction of sp³-hybridized carbons (Fsp3) is 0. The minimum absolute atomic E-state index is 0.328. The van der Waals surface area contributed by atoms with E-state index in [1.54, 1.807) is 12.1 Å². The molecule has 0 amide bonds. The van der Waals surface area contributed by atoms with Crippen molar-refractivity contribution < 1.29 is 9.90 Å². The Morgan fingerprint density at radius 1 is 1.43 bits per heavy atom. The van der Waals surface area contributed by atoms with Crippen LogP contribution in [-0.2, 0) is 0 Å². The second-order valence-electron chi connectivity index (χ2n) is 2.72. The number of halogens is 2. The number of hydrogen-bond donors (Lipinski definition) is 1. The van der Waals surface area contributed by atoms with Gasteiger partial charge in [-0.05, 0) is 39.5 Å².